The van der Waals surface area contributed by atoms with Gasteiger partial charge in [-0.25, -0.2) is 8.42 Å². The predicted octanol–water partition coefficient (Wildman–Crippen LogP) is 1.81. The first kappa shape index (κ1) is 16.0. The van der Waals surface area contributed by atoms with E-state index in [0.29, 0.717) is 18.8 Å². The summed E-state index contributed by atoms with van der Waals surface area (Å²) in [6.45, 7) is 0.730. The van der Waals surface area contributed by atoms with E-state index in [1.807, 2.05) is 30.3 Å². The lowest BCUT2D eigenvalue weighted by atomic mass is 9.95. The summed E-state index contributed by atoms with van der Waals surface area (Å²) in [5.41, 5.74) is 7.27. The molecule has 0 saturated carbocycles. The molecule has 122 valence electrons. The van der Waals surface area contributed by atoms with Crippen LogP contribution in [0.3, 0.4) is 0 Å². The van der Waals surface area contributed by atoms with Gasteiger partial charge in [0.1, 0.15) is 5.75 Å². The van der Waals surface area contributed by atoms with Gasteiger partial charge in [-0.1, -0.05) is 30.3 Å². The van der Waals surface area contributed by atoms with E-state index < -0.39 is 10.0 Å². The molecule has 0 bridgehead atoms. The normalized spacial score (nSPS) is 22.2. The lowest BCUT2D eigenvalue weighted by Crippen LogP contribution is -2.32. The fourth-order valence-electron chi connectivity index (χ4n) is 2.94. The quantitative estimate of drug-likeness (QED) is 0.927. The third-order valence-corrected chi connectivity index (χ3v) is 6.10. The highest BCUT2D eigenvalue weighted by molar-refractivity contribution is 7.89. The minimum Gasteiger partial charge on any atom is -0.497 e. The molecule has 2 aromatic rings. The van der Waals surface area contributed by atoms with E-state index in [0.717, 1.165) is 5.56 Å². The Morgan fingerprint density at radius 1 is 1.04 bits per heavy atom. The molecule has 2 aromatic carbocycles. The van der Waals surface area contributed by atoms with Gasteiger partial charge in [0.25, 0.3) is 0 Å². The molecule has 0 amide bonds. The Kier molecular flexibility index (Phi) is 4.39. The second-order valence-electron chi connectivity index (χ2n) is 5.68. The van der Waals surface area contributed by atoms with Crippen LogP contribution in [0.2, 0.25) is 0 Å². The second kappa shape index (κ2) is 6.31. The lowest BCUT2D eigenvalue weighted by Gasteiger charge is -2.17. The summed E-state index contributed by atoms with van der Waals surface area (Å²) in [6, 6.07) is 16.1. The molecule has 0 aromatic heterocycles. The molecule has 3 rings (SSSR count). The van der Waals surface area contributed by atoms with Crippen LogP contribution in [0.5, 0.6) is 5.75 Å². The SMILES string of the molecule is COc1ccc(S(=O)(=O)N2C[C@@H](N)[C@H](c3ccccc3)C2)cc1. The van der Waals surface area contributed by atoms with Crippen LogP contribution in [0.25, 0.3) is 0 Å². The number of methoxy groups -OCH3 is 1. The van der Waals surface area contributed by atoms with Gasteiger partial charge < -0.3 is 10.5 Å². The smallest absolute Gasteiger partial charge is 0.243 e. The molecule has 0 radical (unpaired) electrons. The van der Waals surface area contributed by atoms with Crippen molar-refractivity contribution in [3.63, 3.8) is 0 Å². The highest BCUT2D eigenvalue weighted by atomic mass is 32.2. The van der Waals surface area contributed by atoms with Gasteiger partial charge in [-0.3, -0.25) is 0 Å². The van der Waals surface area contributed by atoms with Gasteiger partial charge >= 0.3 is 0 Å². The molecule has 0 unspecified atom stereocenters. The van der Waals surface area contributed by atoms with Crippen molar-refractivity contribution in [2.45, 2.75) is 16.9 Å². The highest BCUT2D eigenvalue weighted by Crippen LogP contribution is 2.30. The van der Waals surface area contributed by atoms with Crippen LogP contribution in [0.1, 0.15) is 11.5 Å². The van der Waals surface area contributed by atoms with Crippen LogP contribution in [0, 0.1) is 0 Å². The number of sulfonamides is 1. The van der Waals surface area contributed by atoms with Gasteiger partial charge in [0.2, 0.25) is 10.0 Å². The molecule has 1 saturated heterocycles. The Balaban J connectivity index is 1.84. The van der Waals surface area contributed by atoms with Crippen molar-refractivity contribution in [1.82, 2.24) is 4.31 Å². The number of hydrogen-bond acceptors (Lipinski definition) is 4. The van der Waals surface area contributed by atoms with Gasteiger partial charge in [0, 0.05) is 25.0 Å². The maximum atomic E-state index is 12.8. The number of nitrogens with zero attached hydrogens (tertiary/aromatic N) is 1. The Morgan fingerprint density at radius 3 is 2.30 bits per heavy atom. The molecule has 5 nitrogen and oxygen atoms in total. The first-order valence-electron chi connectivity index (χ1n) is 7.47. The van der Waals surface area contributed by atoms with E-state index in [1.54, 1.807) is 31.4 Å². The molecule has 6 heteroatoms. The molecular weight excluding hydrogens is 312 g/mol. The topological polar surface area (TPSA) is 72.6 Å². The van der Waals surface area contributed by atoms with E-state index in [9.17, 15) is 8.42 Å². The maximum absolute atomic E-state index is 12.8. The van der Waals surface area contributed by atoms with Gasteiger partial charge in [-0.05, 0) is 29.8 Å². The standard InChI is InChI=1S/C17H20N2O3S/c1-22-14-7-9-15(10-8-14)23(20,21)19-11-16(17(18)12-19)13-5-3-2-4-6-13/h2-10,16-17H,11-12,18H2,1H3/t16-,17+/m0/s1. The molecule has 0 spiro atoms. The Labute approximate surface area is 136 Å². The van der Waals surface area contributed by atoms with Gasteiger partial charge in [0.05, 0.1) is 12.0 Å². The van der Waals surface area contributed by atoms with Crippen molar-refractivity contribution in [1.29, 1.82) is 0 Å². The average molecular weight is 332 g/mol. The van der Waals surface area contributed by atoms with Crippen molar-refractivity contribution in [2.75, 3.05) is 20.2 Å². The number of rotatable bonds is 4. The lowest BCUT2D eigenvalue weighted by molar-refractivity contribution is 0.414. The fourth-order valence-corrected chi connectivity index (χ4v) is 4.44. The van der Waals surface area contributed by atoms with Crippen molar-refractivity contribution in [3.8, 4) is 5.75 Å². The Hall–Kier alpha value is -1.89. The van der Waals surface area contributed by atoms with Crippen LogP contribution < -0.4 is 10.5 Å². The van der Waals surface area contributed by atoms with Crippen molar-refractivity contribution in [3.05, 3.63) is 60.2 Å². The zero-order valence-corrected chi connectivity index (χ0v) is 13.7. The zero-order chi connectivity index (χ0) is 16.4. The number of nitrogens with two attached hydrogens (primary N) is 1. The van der Waals surface area contributed by atoms with Crippen LogP contribution in [0.15, 0.2) is 59.5 Å². The maximum Gasteiger partial charge on any atom is 0.243 e. The molecule has 23 heavy (non-hydrogen) atoms. The number of ether oxygens (including phenoxy) is 1. The zero-order valence-electron chi connectivity index (χ0n) is 12.9. The summed E-state index contributed by atoms with van der Waals surface area (Å²) in [5, 5.41) is 0. The summed E-state index contributed by atoms with van der Waals surface area (Å²) in [5.74, 6) is 0.647. The molecule has 1 aliphatic heterocycles. The second-order valence-corrected chi connectivity index (χ2v) is 7.62. The molecule has 2 N–H and O–H groups in total. The number of hydrogen-bond donors (Lipinski definition) is 1. The first-order chi connectivity index (χ1) is 11.0. The third kappa shape index (κ3) is 3.10. The molecule has 1 heterocycles. The van der Waals surface area contributed by atoms with E-state index in [-0.39, 0.29) is 16.9 Å². The minimum atomic E-state index is -3.54. The molecular formula is C17H20N2O3S. The van der Waals surface area contributed by atoms with E-state index in [1.165, 1.54) is 4.31 Å². The predicted molar refractivity (Wildman–Crippen MR) is 88.9 cm³/mol. The van der Waals surface area contributed by atoms with E-state index >= 15 is 0 Å². The summed E-state index contributed by atoms with van der Waals surface area (Å²) in [6.07, 6.45) is 0. The molecule has 1 aliphatic rings. The third-order valence-electron chi connectivity index (χ3n) is 4.26. The largest absolute Gasteiger partial charge is 0.497 e. The Morgan fingerprint density at radius 2 is 1.70 bits per heavy atom. The first-order valence-corrected chi connectivity index (χ1v) is 8.91. The van der Waals surface area contributed by atoms with Crippen LogP contribution >= 0.6 is 0 Å². The van der Waals surface area contributed by atoms with E-state index in [2.05, 4.69) is 0 Å². The molecule has 2 atom stereocenters. The summed E-state index contributed by atoms with van der Waals surface area (Å²) < 4.78 is 32.1. The summed E-state index contributed by atoms with van der Waals surface area (Å²) in [7, 11) is -1.99. The highest BCUT2D eigenvalue weighted by Gasteiger charge is 2.38. The van der Waals surface area contributed by atoms with Crippen LogP contribution in [0.4, 0.5) is 0 Å². The van der Waals surface area contributed by atoms with E-state index in [4.69, 9.17) is 10.5 Å². The van der Waals surface area contributed by atoms with Gasteiger partial charge in [-0.15, -0.1) is 0 Å². The monoisotopic (exact) mass is 332 g/mol. The van der Waals surface area contributed by atoms with Crippen molar-refractivity contribution in [2.24, 2.45) is 5.73 Å². The Bertz CT molecular complexity index is 760. The average Bonchev–Trinajstić information content (AvgIpc) is 2.98. The van der Waals surface area contributed by atoms with Crippen molar-refractivity contribution < 1.29 is 13.2 Å². The minimum absolute atomic E-state index is 0.0178. The molecule has 0 aliphatic carbocycles. The summed E-state index contributed by atoms with van der Waals surface area (Å²) >= 11 is 0. The molecule has 1 fully saturated rings. The van der Waals surface area contributed by atoms with Gasteiger partial charge in [0.15, 0.2) is 0 Å². The summed E-state index contributed by atoms with van der Waals surface area (Å²) in [4.78, 5) is 0.263. The van der Waals surface area contributed by atoms with Crippen molar-refractivity contribution >= 4 is 10.0 Å². The fraction of sp³-hybridized carbons (Fsp3) is 0.294. The van der Waals surface area contributed by atoms with Crippen LogP contribution in [-0.2, 0) is 10.0 Å². The van der Waals surface area contributed by atoms with Crippen LogP contribution in [-0.4, -0.2) is 39.0 Å². The number of benzene rings is 2. The van der Waals surface area contributed by atoms with Gasteiger partial charge in [-0.2, -0.15) is 4.31 Å².